The fourth-order valence-electron chi connectivity index (χ4n) is 3.56. The van der Waals surface area contributed by atoms with Crippen LogP contribution in [0.15, 0.2) is 18.2 Å². The second-order valence-electron chi connectivity index (χ2n) is 6.61. The first-order chi connectivity index (χ1) is 11.7. The van der Waals surface area contributed by atoms with Gasteiger partial charge in [0, 0.05) is 18.1 Å². The average molecular weight is 331 g/mol. The summed E-state index contributed by atoms with van der Waals surface area (Å²) in [6, 6.07) is 5.28. The van der Waals surface area contributed by atoms with Crippen LogP contribution in [0.25, 0.3) is 0 Å². The van der Waals surface area contributed by atoms with Crippen molar-refractivity contribution < 1.29 is 19.1 Å². The molecule has 0 bridgehead atoms. The van der Waals surface area contributed by atoms with E-state index < -0.39 is 6.10 Å². The van der Waals surface area contributed by atoms with Crippen molar-refractivity contribution in [2.75, 3.05) is 19.0 Å². The third-order valence-electron chi connectivity index (χ3n) is 4.94. The first-order valence-electron chi connectivity index (χ1n) is 8.84. The van der Waals surface area contributed by atoms with Crippen molar-refractivity contribution in [1.82, 2.24) is 0 Å². The molecule has 24 heavy (non-hydrogen) atoms. The quantitative estimate of drug-likeness (QED) is 0.838. The Morgan fingerprint density at radius 1 is 1.12 bits per heavy atom. The van der Waals surface area contributed by atoms with Crippen molar-refractivity contribution >= 4 is 17.4 Å². The summed E-state index contributed by atoms with van der Waals surface area (Å²) < 4.78 is 10.7. The summed E-state index contributed by atoms with van der Waals surface area (Å²) in [6.07, 6.45) is 6.60. The van der Waals surface area contributed by atoms with Crippen LogP contribution in [0.5, 0.6) is 5.75 Å². The molecule has 1 atom stereocenters. The van der Waals surface area contributed by atoms with Gasteiger partial charge in [-0.05, 0) is 43.9 Å². The van der Waals surface area contributed by atoms with Gasteiger partial charge in [-0.25, -0.2) is 0 Å². The second-order valence-corrected chi connectivity index (χ2v) is 6.61. The molecule has 1 N–H and O–H groups in total. The molecule has 5 heteroatoms. The van der Waals surface area contributed by atoms with Gasteiger partial charge >= 0.3 is 0 Å². The fourth-order valence-corrected chi connectivity index (χ4v) is 3.56. The average Bonchev–Trinajstić information content (AvgIpc) is 3.16. The first kappa shape index (κ1) is 17.0. The van der Waals surface area contributed by atoms with E-state index in [-0.39, 0.29) is 17.6 Å². The smallest absolute Gasteiger partial charge is 0.253 e. The molecule has 2 fully saturated rings. The molecule has 130 valence electrons. The highest BCUT2D eigenvalue weighted by molar-refractivity contribution is 6.01. The van der Waals surface area contributed by atoms with Gasteiger partial charge in [0.05, 0.1) is 12.8 Å². The molecule has 1 unspecified atom stereocenters. The van der Waals surface area contributed by atoms with Crippen molar-refractivity contribution in [2.24, 2.45) is 5.92 Å². The van der Waals surface area contributed by atoms with E-state index in [0.29, 0.717) is 23.6 Å². The van der Waals surface area contributed by atoms with E-state index in [4.69, 9.17) is 9.47 Å². The van der Waals surface area contributed by atoms with Gasteiger partial charge in [0.1, 0.15) is 11.9 Å². The van der Waals surface area contributed by atoms with Gasteiger partial charge in [-0.1, -0.05) is 19.3 Å². The molecule has 0 radical (unpaired) electrons. The lowest BCUT2D eigenvalue weighted by molar-refractivity contribution is -0.124. The number of hydrogen-bond acceptors (Lipinski definition) is 4. The number of amides is 1. The van der Waals surface area contributed by atoms with Crippen LogP contribution >= 0.6 is 0 Å². The molecule has 1 aromatic carbocycles. The molecule has 0 spiro atoms. The summed E-state index contributed by atoms with van der Waals surface area (Å²) >= 11 is 0. The normalized spacial score (nSPS) is 21.5. The Balaban J connectivity index is 1.76. The van der Waals surface area contributed by atoms with E-state index in [1.54, 1.807) is 25.3 Å². The van der Waals surface area contributed by atoms with Gasteiger partial charge in [0.15, 0.2) is 5.78 Å². The maximum atomic E-state index is 12.7. The minimum absolute atomic E-state index is 0.105. The SMILES string of the molecule is COc1ccc(C(=O)C2CCCCC2)cc1NC(=O)C1CCCO1. The molecule has 1 saturated carbocycles. The van der Waals surface area contributed by atoms with Gasteiger partial charge in [-0.3, -0.25) is 9.59 Å². The molecule has 2 aliphatic rings. The van der Waals surface area contributed by atoms with Crippen molar-refractivity contribution in [3.05, 3.63) is 23.8 Å². The summed E-state index contributed by atoms with van der Waals surface area (Å²) in [7, 11) is 1.56. The molecule has 1 aliphatic heterocycles. The number of nitrogens with one attached hydrogen (secondary N) is 1. The molecular formula is C19H25NO4. The lowest BCUT2D eigenvalue weighted by Crippen LogP contribution is -2.27. The van der Waals surface area contributed by atoms with Gasteiger partial charge in [0.2, 0.25) is 0 Å². The molecule has 1 heterocycles. The Bertz CT molecular complexity index is 601. The van der Waals surface area contributed by atoms with E-state index in [0.717, 1.165) is 38.5 Å². The number of methoxy groups -OCH3 is 1. The van der Waals surface area contributed by atoms with Gasteiger partial charge in [-0.2, -0.15) is 0 Å². The van der Waals surface area contributed by atoms with Crippen LogP contribution in [-0.4, -0.2) is 31.5 Å². The maximum absolute atomic E-state index is 12.7. The summed E-state index contributed by atoms with van der Waals surface area (Å²) in [4.78, 5) is 25.0. The minimum atomic E-state index is -0.410. The number of benzene rings is 1. The van der Waals surface area contributed by atoms with Crippen LogP contribution < -0.4 is 10.1 Å². The summed E-state index contributed by atoms with van der Waals surface area (Å²) in [5.74, 6) is 0.661. The molecule has 1 saturated heterocycles. The maximum Gasteiger partial charge on any atom is 0.253 e. The van der Waals surface area contributed by atoms with Crippen LogP contribution in [0.4, 0.5) is 5.69 Å². The number of carbonyl (C=O) groups is 2. The van der Waals surface area contributed by atoms with Crippen LogP contribution in [-0.2, 0) is 9.53 Å². The third-order valence-corrected chi connectivity index (χ3v) is 4.94. The monoisotopic (exact) mass is 331 g/mol. The van der Waals surface area contributed by atoms with Crippen molar-refractivity contribution in [2.45, 2.75) is 51.0 Å². The predicted octanol–water partition coefficient (Wildman–Crippen LogP) is 3.58. The second kappa shape index (κ2) is 7.79. The number of anilines is 1. The summed E-state index contributed by atoms with van der Waals surface area (Å²) in [5.41, 5.74) is 1.19. The number of ketones is 1. The Hall–Kier alpha value is -1.88. The minimum Gasteiger partial charge on any atom is -0.495 e. The van der Waals surface area contributed by atoms with E-state index in [1.807, 2.05) is 0 Å². The zero-order chi connectivity index (χ0) is 16.9. The van der Waals surface area contributed by atoms with Crippen LogP contribution in [0.1, 0.15) is 55.3 Å². The zero-order valence-corrected chi connectivity index (χ0v) is 14.2. The molecule has 1 aliphatic carbocycles. The lowest BCUT2D eigenvalue weighted by atomic mass is 9.84. The van der Waals surface area contributed by atoms with Crippen LogP contribution in [0.2, 0.25) is 0 Å². The topological polar surface area (TPSA) is 64.6 Å². The Morgan fingerprint density at radius 3 is 2.58 bits per heavy atom. The lowest BCUT2D eigenvalue weighted by Gasteiger charge is -2.21. The largest absolute Gasteiger partial charge is 0.495 e. The number of carbonyl (C=O) groups excluding carboxylic acids is 2. The Morgan fingerprint density at radius 2 is 1.92 bits per heavy atom. The molecule has 1 aromatic rings. The van der Waals surface area contributed by atoms with Gasteiger partial charge in [-0.15, -0.1) is 0 Å². The van der Waals surface area contributed by atoms with Crippen LogP contribution in [0.3, 0.4) is 0 Å². The highest BCUT2D eigenvalue weighted by atomic mass is 16.5. The predicted molar refractivity (Wildman–Crippen MR) is 91.5 cm³/mol. The summed E-state index contributed by atoms with van der Waals surface area (Å²) in [5, 5.41) is 2.86. The molecule has 1 amide bonds. The van der Waals surface area contributed by atoms with Gasteiger partial charge < -0.3 is 14.8 Å². The molecule has 0 aromatic heterocycles. The highest BCUT2D eigenvalue weighted by Gasteiger charge is 2.26. The van der Waals surface area contributed by atoms with E-state index in [2.05, 4.69) is 5.32 Å². The van der Waals surface area contributed by atoms with E-state index >= 15 is 0 Å². The number of ether oxygens (including phenoxy) is 2. The molecular weight excluding hydrogens is 306 g/mol. The number of rotatable bonds is 5. The standard InChI is InChI=1S/C19H25NO4/c1-23-16-10-9-14(18(21)13-6-3-2-4-7-13)12-15(16)20-19(22)17-8-5-11-24-17/h9-10,12-13,17H,2-8,11H2,1H3,(H,20,22). The number of Topliss-reactive ketones (excluding diaryl/α,β-unsaturated/α-hetero) is 1. The van der Waals surface area contributed by atoms with Crippen LogP contribution in [0, 0.1) is 5.92 Å². The highest BCUT2D eigenvalue weighted by Crippen LogP contribution is 2.31. The van der Waals surface area contributed by atoms with Crippen molar-refractivity contribution in [3.8, 4) is 5.75 Å². The fraction of sp³-hybridized carbons (Fsp3) is 0.579. The van der Waals surface area contributed by atoms with E-state index in [1.165, 1.54) is 6.42 Å². The molecule has 3 rings (SSSR count). The zero-order valence-electron chi connectivity index (χ0n) is 14.2. The van der Waals surface area contributed by atoms with E-state index in [9.17, 15) is 9.59 Å². The van der Waals surface area contributed by atoms with Crippen molar-refractivity contribution in [3.63, 3.8) is 0 Å². The van der Waals surface area contributed by atoms with Crippen molar-refractivity contribution in [1.29, 1.82) is 0 Å². The molecule has 5 nitrogen and oxygen atoms in total. The Kier molecular flexibility index (Phi) is 5.51. The summed E-state index contributed by atoms with van der Waals surface area (Å²) in [6.45, 7) is 0.620. The Labute approximate surface area is 142 Å². The third kappa shape index (κ3) is 3.78. The number of hydrogen-bond donors (Lipinski definition) is 1. The first-order valence-corrected chi connectivity index (χ1v) is 8.84. The van der Waals surface area contributed by atoms with Gasteiger partial charge in [0.25, 0.3) is 5.91 Å².